The van der Waals surface area contributed by atoms with Gasteiger partial charge in [-0.25, -0.2) is 0 Å². The monoisotopic (exact) mass is 482 g/mol. The van der Waals surface area contributed by atoms with Gasteiger partial charge in [-0.3, -0.25) is 0 Å². The third-order valence-corrected chi connectivity index (χ3v) is 10.9. The Morgan fingerprint density at radius 1 is 0.531 bits per heavy atom. The maximum absolute atomic E-state index is 2.45. The summed E-state index contributed by atoms with van der Waals surface area (Å²) in [6.45, 7) is 4.29. The highest BCUT2D eigenvalue weighted by Crippen LogP contribution is 2.49. The fourth-order valence-corrected chi connectivity index (χ4v) is 9.56. The summed E-state index contributed by atoms with van der Waals surface area (Å²) in [6, 6.07) is 25.1. The summed E-state index contributed by atoms with van der Waals surface area (Å²) in [5.74, 6) is 0. The predicted octanol–water partition coefficient (Wildman–Crippen LogP) is 10.5. The van der Waals surface area contributed by atoms with Crippen LogP contribution in [0, 0.1) is 13.8 Å². The van der Waals surface area contributed by atoms with Crippen LogP contribution >= 0.6 is 45.3 Å². The number of benzene rings is 3. The molecule has 0 aliphatic rings. The molecule has 0 radical (unpaired) electrons. The quantitative estimate of drug-likeness (QED) is 0.230. The van der Waals surface area contributed by atoms with Gasteiger partial charge in [-0.2, -0.15) is 0 Å². The first-order chi connectivity index (χ1) is 15.6. The molecule has 0 nitrogen and oxygen atoms in total. The number of aryl methyl sites for hydroxylation is 2. The number of rotatable bonds is 2. The molecule has 4 aromatic heterocycles. The van der Waals surface area contributed by atoms with Crippen LogP contribution in [0.4, 0.5) is 0 Å². The van der Waals surface area contributed by atoms with E-state index in [4.69, 9.17) is 0 Å². The molecule has 0 aliphatic heterocycles. The van der Waals surface area contributed by atoms with E-state index in [1.165, 1.54) is 71.7 Å². The second-order valence-electron chi connectivity index (χ2n) is 8.39. The molecule has 0 amide bonds. The molecule has 0 aliphatic carbocycles. The van der Waals surface area contributed by atoms with Gasteiger partial charge in [0.2, 0.25) is 0 Å². The van der Waals surface area contributed by atoms with Gasteiger partial charge in [-0.15, -0.1) is 45.3 Å². The van der Waals surface area contributed by atoms with Gasteiger partial charge >= 0.3 is 0 Å². The molecule has 0 bridgehead atoms. The molecule has 0 saturated carbocycles. The van der Waals surface area contributed by atoms with Crippen molar-refractivity contribution in [2.75, 3.05) is 0 Å². The van der Waals surface area contributed by atoms with E-state index >= 15 is 0 Å². The standard InChI is InChI=1S/C28H18S4/c1-15-3-7-17(8-4-15)21-14-29-27-20-11-19-23(13-24(20)32-28(21)27)30-25-12-22(31-26(19)25)18-9-5-16(2)6-10-18/h3-14H,1-2H3. The lowest BCUT2D eigenvalue weighted by Gasteiger charge is -1.98. The second-order valence-corrected chi connectivity index (χ2v) is 12.5. The average Bonchev–Trinajstić information content (AvgIpc) is 3.53. The van der Waals surface area contributed by atoms with Crippen molar-refractivity contribution in [2.45, 2.75) is 13.8 Å². The lowest BCUT2D eigenvalue weighted by atomic mass is 10.1. The first-order valence-corrected chi connectivity index (χ1v) is 13.9. The van der Waals surface area contributed by atoms with E-state index in [2.05, 4.69) is 86.0 Å². The molecule has 4 heterocycles. The van der Waals surface area contributed by atoms with Crippen molar-refractivity contribution in [1.82, 2.24) is 0 Å². The second kappa shape index (κ2) is 7.00. The van der Waals surface area contributed by atoms with Gasteiger partial charge in [0, 0.05) is 40.7 Å². The minimum absolute atomic E-state index is 1.31. The number of hydrogen-bond donors (Lipinski definition) is 0. The van der Waals surface area contributed by atoms with Crippen LogP contribution in [0.15, 0.2) is 72.1 Å². The minimum Gasteiger partial charge on any atom is -0.142 e. The Bertz CT molecular complexity index is 1760. The normalized spacial score (nSPS) is 12.1. The summed E-state index contributed by atoms with van der Waals surface area (Å²) in [5.41, 5.74) is 6.62. The Labute approximate surface area is 202 Å². The highest BCUT2D eigenvalue weighted by molar-refractivity contribution is 7.35. The van der Waals surface area contributed by atoms with Crippen LogP contribution in [-0.2, 0) is 0 Å². The van der Waals surface area contributed by atoms with Crippen LogP contribution in [0.5, 0.6) is 0 Å². The molecule has 154 valence electrons. The highest BCUT2D eigenvalue weighted by atomic mass is 32.1. The van der Waals surface area contributed by atoms with Gasteiger partial charge in [-0.05, 0) is 43.2 Å². The highest BCUT2D eigenvalue weighted by Gasteiger charge is 2.17. The number of thiophene rings is 4. The van der Waals surface area contributed by atoms with Crippen molar-refractivity contribution >= 4 is 84.3 Å². The zero-order chi connectivity index (χ0) is 21.4. The Balaban J connectivity index is 1.42. The van der Waals surface area contributed by atoms with Crippen LogP contribution in [0.1, 0.15) is 11.1 Å². The van der Waals surface area contributed by atoms with Crippen LogP contribution < -0.4 is 0 Å². The molecule has 3 aromatic carbocycles. The van der Waals surface area contributed by atoms with Crippen molar-refractivity contribution in [3.63, 3.8) is 0 Å². The maximum atomic E-state index is 2.45. The molecule has 0 N–H and O–H groups in total. The van der Waals surface area contributed by atoms with Gasteiger partial charge in [0.25, 0.3) is 0 Å². The SMILES string of the molecule is Cc1ccc(-c2cc3sc4cc5sc6c(-c7ccc(C)cc7)csc6c5cc4c3s2)cc1. The fourth-order valence-electron chi connectivity index (χ4n) is 4.38. The van der Waals surface area contributed by atoms with Crippen LogP contribution in [0.2, 0.25) is 0 Å². The molecular weight excluding hydrogens is 465 g/mol. The smallest absolute Gasteiger partial charge is 0.0541 e. The third kappa shape index (κ3) is 2.84. The molecule has 4 heteroatoms. The summed E-state index contributed by atoms with van der Waals surface area (Å²) < 4.78 is 8.49. The average molecular weight is 483 g/mol. The van der Waals surface area contributed by atoms with E-state index in [0.29, 0.717) is 0 Å². The van der Waals surface area contributed by atoms with E-state index in [0.717, 1.165) is 0 Å². The van der Waals surface area contributed by atoms with Gasteiger partial charge in [0.1, 0.15) is 0 Å². The maximum Gasteiger partial charge on any atom is 0.0541 e. The first-order valence-electron chi connectivity index (χ1n) is 10.6. The largest absolute Gasteiger partial charge is 0.142 e. The van der Waals surface area contributed by atoms with Crippen molar-refractivity contribution in [3.8, 4) is 21.6 Å². The van der Waals surface area contributed by atoms with Gasteiger partial charge in [0.15, 0.2) is 0 Å². The zero-order valence-electron chi connectivity index (χ0n) is 17.6. The Hall–Kier alpha value is -2.50. The topological polar surface area (TPSA) is 0 Å². The van der Waals surface area contributed by atoms with Crippen molar-refractivity contribution in [2.24, 2.45) is 0 Å². The minimum atomic E-state index is 1.31. The molecule has 0 spiro atoms. The third-order valence-electron chi connectivity index (χ3n) is 6.15. The van der Waals surface area contributed by atoms with E-state index in [9.17, 15) is 0 Å². The van der Waals surface area contributed by atoms with E-state index in [1.54, 1.807) is 0 Å². The molecule has 0 fully saturated rings. The number of fused-ring (bicyclic) bond motifs is 6. The lowest BCUT2D eigenvalue weighted by molar-refractivity contribution is 1.48. The summed E-state index contributed by atoms with van der Waals surface area (Å²) >= 11 is 7.69. The van der Waals surface area contributed by atoms with E-state index in [1.807, 2.05) is 45.3 Å². The molecule has 0 saturated heterocycles. The van der Waals surface area contributed by atoms with Crippen molar-refractivity contribution in [1.29, 1.82) is 0 Å². The van der Waals surface area contributed by atoms with Crippen molar-refractivity contribution in [3.05, 3.63) is 83.2 Å². The zero-order valence-corrected chi connectivity index (χ0v) is 20.8. The van der Waals surface area contributed by atoms with Gasteiger partial charge in [-0.1, -0.05) is 59.7 Å². The van der Waals surface area contributed by atoms with Gasteiger partial charge in [0.05, 0.1) is 14.1 Å². The lowest BCUT2D eigenvalue weighted by Crippen LogP contribution is -1.74. The van der Waals surface area contributed by atoms with Crippen LogP contribution in [0.3, 0.4) is 0 Å². The molecular formula is C28H18S4. The van der Waals surface area contributed by atoms with E-state index < -0.39 is 0 Å². The first kappa shape index (κ1) is 19.0. The summed E-state index contributed by atoms with van der Waals surface area (Å²) in [5, 5.41) is 5.15. The Kier molecular flexibility index (Phi) is 4.16. The predicted molar refractivity (Wildman–Crippen MR) is 148 cm³/mol. The molecule has 0 unspecified atom stereocenters. The summed E-state index contributed by atoms with van der Waals surface area (Å²) in [7, 11) is 0. The van der Waals surface area contributed by atoms with Crippen LogP contribution in [-0.4, -0.2) is 0 Å². The Morgan fingerprint density at radius 3 is 1.94 bits per heavy atom. The van der Waals surface area contributed by atoms with Gasteiger partial charge < -0.3 is 0 Å². The molecule has 0 atom stereocenters. The molecule has 7 rings (SSSR count). The number of hydrogen-bond acceptors (Lipinski definition) is 4. The summed E-state index contributed by atoms with van der Waals surface area (Å²) in [4.78, 5) is 1.36. The fraction of sp³-hybridized carbons (Fsp3) is 0.0714. The van der Waals surface area contributed by atoms with E-state index in [-0.39, 0.29) is 0 Å². The molecule has 32 heavy (non-hydrogen) atoms. The summed E-state index contributed by atoms with van der Waals surface area (Å²) in [6.07, 6.45) is 0. The van der Waals surface area contributed by atoms with Crippen LogP contribution in [0.25, 0.3) is 60.5 Å². The van der Waals surface area contributed by atoms with Crippen molar-refractivity contribution < 1.29 is 0 Å². The molecule has 7 aromatic rings. The Morgan fingerprint density at radius 2 is 1.19 bits per heavy atom.